The summed E-state index contributed by atoms with van der Waals surface area (Å²) in [4.78, 5) is 36.6. The first-order valence-corrected chi connectivity index (χ1v) is 7.11. The number of esters is 1. The van der Waals surface area contributed by atoms with Crippen LogP contribution in [0.25, 0.3) is 0 Å². The Balaban J connectivity index is 1.98. The first-order chi connectivity index (χ1) is 10.1. The van der Waals surface area contributed by atoms with Gasteiger partial charge in [-0.15, -0.1) is 0 Å². The molecule has 0 unspecified atom stereocenters. The number of amides is 1. The minimum absolute atomic E-state index is 0.179. The van der Waals surface area contributed by atoms with Crippen molar-refractivity contribution in [3.63, 3.8) is 0 Å². The minimum atomic E-state index is -0.640. The first-order valence-electron chi connectivity index (χ1n) is 7.11. The van der Waals surface area contributed by atoms with E-state index < -0.39 is 23.7 Å². The average molecular weight is 289 g/mol. The quantitative estimate of drug-likeness (QED) is 0.625. The summed E-state index contributed by atoms with van der Waals surface area (Å²) in [6, 6.07) is 8.72. The Hall–Kier alpha value is -2.17. The van der Waals surface area contributed by atoms with Crippen LogP contribution in [0.2, 0.25) is 0 Å². The third kappa shape index (κ3) is 3.90. The molecule has 0 aliphatic carbocycles. The summed E-state index contributed by atoms with van der Waals surface area (Å²) >= 11 is 0. The maximum atomic E-state index is 12.2. The monoisotopic (exact) mass is 289 g/mol. The van der Waals surface area contributed by atoms with Crippen molar-refractivity contribution >= 4 is 17.7 Å². The van der Waals surface area contributed by atoms with Crippen LogP contribution in [-0.2, 0) is 25.7 Å². The third-order valence-electron chi connectivity index (χ3n) is 3.56. The molecule has 1 aliphatic rings. The summed E-state index contributed by atoms with van der Waals surface area (Å²) in [6.45, 7) is 1.84. The van der Waals surface area contributed by atoms with Crippen LogP contribution >= 0.6 is 0 Å². The molecular formula is C16H19NO4. The number of rotatable bonds is 4. The molecule has 0 saturated carbocycles. The molecule has 0 N–H and O–H groups in total. The van der Waals surface area contributed by atoms with Crippen molar-refractivity contribution in [3.8, 4) is 0 Å². The summed E-state index contributed by atoms with van der Waals surface area (Å²) in [5.41, 5.74) is 0.895. The number of Topliss-reactive ketones (excluding diaryl/α,β-unsaturated/α-hetero) is 1. The van der Waals surface area contributed by atoms with Gasteiger partial charge in [0.2, 0.25) is 5.78 Å². The number of hydrogen-bond donors (Lipinski definition) is 0. The van der Waals surface area contributed by atoms with Crippen molar-refractivity contribution in [3.05, 3.63) is 35.9 Å². The van der Waals surface area contributed by atoms with Crippen molar-refractivity contribution in [2.24, 2.45) is 0 Å². The molecule has 5 nitrogen and oxygen atoms in total. The third-order valence-corrected chi connectivity index (χ3v) is 3.56. The van der Waals surface area contributed by atoms with E-state index in [1.54, 1.807) is 0 Å². The number of piperidine rings is 1. The van der Waals surface area contributed by atoms with Crippen LogP contribution in [0.1, 0.15) is 31.7 Å². The van der Waals surface area contributed by atoms with Crippen LogP contribution in [0.4, 0.5) is 0 Å². The highest BCUT2D eigenvalue weighted by molar-refractivity contribution is 6.35. The molecule has 1 fully saturated rings. The molecular weight excluding hydrogens is 270 g/mol. The minimum Gasteiger partial charge on any atom is -0.459 e. The molecule has 0 spiro atoms. The zero-order valence-corrected chi connectivity index (χ0v) is 12.1. The fraction of sp³-hybridized carbons (Fsp3) is 0.438. The standard InChI is InChI=1S/C16H19NO4/c1-12(18)15(19)17-10-6-5-9-14(17)16(20)21-11-13-7-3-2-4-8-13/h2-4,7-8,14H,5-6,9-11H2,1H3/t14-/m0/s1. The topological polar surface area (TPSA) is 63.7 Å². The predicted molar refractivity (Wildman–Crippen MR) is 76.3 cm³/mol. The Bertz CT molecular complexity index is 526. The second kappa shape index (κ2) is 7.02. The molecule has 5 heteroatoms. The van der Waals surface area contributed by atoms with Gasteiger partial charge in [-0.05, 0) is 24.8 Å². The fourth-order valence-electron chi connectivity index (χ4n) is 2.45. The Morgan fingerprint density at radius 3 is 2.57 bits per heavy atom. The van der Waals surface area contributed by atoms with Crippen LogP contribution in [0, 0.1) is 0 Å². The van der Waals surface area contributed by atoms with Gasteiger partial charge in [0.15, 0.2) is 0 Å². The Morgan fingerprint density at radius 2 is 1.90 bits per heavy atom. The van der Waals surface area contributed by atoms with Crippen molar-refractivity contribution in [2.45, 2.75) is 38.8 Å². The van der Waals surface area contributed by atoms with E-state index in [4.69, 9.17) is 4.74 Å². The molecule has 2 rings (SSSR count). The smallest absolute Gasteiger partial charge is 0.329 e. The summed E-state index contributed by atoms with van der Waals surface area (Å²) in [7, 11) is 0. The lowest BCUT2D eigenvalue weighted by molar-refractivity contribution is -0.159. The van der Waals surface area contributed by atoms with Crippen molar-refractivity contribution in [1.82, 2.24) is 4.90 Å². The van der Waals surface area contributed by atoms with Crippen LogP contribution in [0.15, 0.2) is 30.3 Å². The molecule has 112 valence electrons. The summed E-state index contributed by atoms with van der Waals surface area (Å²) < 4.78 is 5.28. The zero-order chi connectivity index (χ0) is 15.2. The van der Waals surface area contributed by atoms with Gasteiger partial charge >= 0.3 is 5.97 Å². The largest absolute Gasteiger partial charge is 0.459 e. The Morgan fingerprint density at radius 1 is 1.19 bits per heavy atom. The number of hydrogen-bond acceptors (Lipinski definition) is 4. The van der Waals surface area contributed by atoms with Crippen molar-refractivity contribution in [2.75, 3.05) is 6.54 Å². The van der Waals surface area contributed by atoms with E-state index in [0.29, 0.717) is 13.0 Å². The molecule has 1 amide bonds. The van der Waals surface area contributed by atoms with Gasteiger partial charge in [0.25, 0.3) is 5.91 Å². The predicted octanol–water partition coefficient (Wildman–Crippen LogP) is 1.70. The molecule has 0 bridgehead atoms. The number of carbonyl (C=O) groups is 3. The van der Waals surface area contributed by atoms with Gasteiger partial charge in [-0.25, -0.2) is 4.79 Å². The van der Waals surface area contributed by atoms with E-state index >= 15 is 0 Å². The second-order valence-electron chi connectivity index (χ2n) is 5.16. The van der Waals surface area contributed by atoms with Crippen LogP contribution in [0.5, 0.6) is 0 Å². The van der Waals surface area contributed by atoms with E-state index in [-0.39, 0.29) is 6.61 Å². The van der Waals surface area contributed by atoms with Gasteiger partial charge in [0, 0.05) is 13.5 Å². The maximum absolute atomic E-state index is 12.2. The van der Waals surface area contributed by atoms with Crippen LogP contribution < -0.4 is 0 Å². The van der Waals surface area contributed by atoms with Crippen LogP contribution in [0.3, 0.4) is 0 Å². The number of nitrogens with zero attached hydrogens (tertiary/aromatic N) is 1. The molecule has 0 aromatic heterocycles. The number of benzene rings is 1. The van der Waals surface area contributed by atoms with Gasteiger partial charge in [0.05, 0.1) is 0 Å². The molecule has 1 aliphatic heterocycles. The lowest BCUT2D eigenvalue weighted by Gasteiger charge is -2.33. The van der Waals surface area contributed by atoms with Crippen molar-refractivity contribution < 1.29 is 19.1 Å². The Kier molecular flexibility index (Phi) is 5.09. The average Bonchev–Trinajstić information content (AvgIpc) is 2.52. The summed E-state index contributed by atoms with van der Waals surface area (Å²) in [5.74, 6) is -1.58. The highest BCUT2D eigenvalue weighted by atomic mass is 16.5. The Labute approximate surface area is 123 Å². The van der Waals surface area contributed by atoms with Gasteiger partial charge in [-0.3, -0.25) is 9.59 Å². The van der Waals surface area contributed by atoms with E-state index in [0.717, 1.165) is 18.4 Å². The lowest BCUT2D eigenvalue weighted by Crippen LogP contribution is -2.50. The molecule has 1 saturated heterocycles. The maximum Gasteiger partial charge on any atom is 0.329 e. The molecule has 1 aromatic rings. The highest BCUT2D eigenvalue weighted by Crippen LogP contribution is 2.19. The number of likely N-dealkylation sites (tertiary alicyclic amines) is 1. The second-order valence-corrected chi connectivity index (χ2v) is 5.16. The van der Waals surface area contributed by atoms with E-state index in [1.807, 2.05) is 30.3 Å². The van der Waals surface area contributed by atoms with Gasteiger partial charge in [0.1, 0.15) is 12.6 Å². The number of ether oxygens (including phenoxy) is 1. The first kappa shape index (κ1) is 15.2. The van der Waals surface area contributed by atoms with Gasteiger partial charge in [-0.2, -0.15) is 0 Å². The van der Waals surface area contributed by atoms with E-state index in [2.05, 4.69) is 0 Å². The summed E-state index contributed by atoms with van der Waals surface area (Å²) in [5, 5.41) is 0. The molecule has 21 heavy (non-hydrogen) atoms. The SMILES string of the molecule is CC(=O)C(=O)N1CCCC[C@H]1C(=O)OCc1ccccc1. The van der Waals surface area contributed by atoms with E-state index in [1.165, 1.54) is 11.8 Å². The number of ketones is 1. The number of carbonyl (C=O) groups excluding carboxylic acids is 3. The molecule has 1 atom stereocenters. The van der Waals surface area contributed by atoms with E-state index in [9.17, 15) is 14.4 Å². The molecule has 1 heterocycles. The zero-order valence-electron chi connectivity index (χ0n) is 12.1. The normalized spacial score (nSPS) is 18.1. The fourth-order valence-corrected chi connectivity index (χ4v) is 2.45. The molecule has 0 radical (unpaired) electrons. The van der Waals surface area contributed by atoms with Crippen LogP contribution in [-0.4, -0.2) is 35.1 Å². The van der Waals surface area contributed by atoms with Gasteiger partial charge in [-0.1, -0.05) is 30.3 Å². The summed E-state index contributed by atoms with van der Waals surface area (Å²) in [6.07, 6.45) is 2.21. The highest BCUT2D eigenvalue weighted by Gasteiger charge is 2.34. The lowest BCUT2D eigenvalue weighted by atomic mass is 10.0. The van der Waals surface area contributed by atoms with Gasteiger partial charge < -0.3 is 9.64 Å². The van der Waals surface area contributed by atoms with Crippen molar-refractivity contribution in [1.29, 1.82) is 0 Å². The molecule has 1 aromatic carbocycles.